The first kappa shape index (κ1) is 18.4. The van der Waals surface area contributed by atoms with Gasteiger partial charge >= 0.3 is 0 Å². The molecule has 1 fully saturated rings. The lowest BCUT2D eigenvalue weighted by molar-refractivity contribution is -0.124. The number of nitrogens with one attached hydrogen (secondary N) is 1. The number of ether oxygens (including phenoxy) is 1. The van der Waals surface area contributed by atoms with Gasteiger partial charge in [0.15, 0.2) is 5.82 Å². The predicted octanol–water partition coefficient (Wildman–Crippen LogP) is 3.82. The number of carbonyl (C=O) groups excluding carboxylic acids is 1. The Morgan fingerprint density at radius 2 is 2.00 bits per heavy atom. The maximum atomic E-state index is 12.5. The molecule has 26 heavy (non-hydrogen) atoms. The lowest BCUT2D eigenvalue weighted by Crippen LogP contribution is -2.48. The van der Waals surface area contributed by atoms with Gasteiger partial charge in [0.25, 0.3) is 0 Å². The fourth-order valence-corrected chi connectivity index (χ4v) is 3.52. The van der Waals surface area contributed by atoms with E-state index in [9.17, 15) is 4.79 Å². The topological polar surface area (TPSA) is 77.2 Å². The van der Waals surface area contributed by atoms with E-state index >= 15 is 0 Å². The highest BCUT2D eigenvalue weighted by Gasteiger charge is 2.39. The normalized spacial score (nSPS) is 16.2. The Balaban J connectivity index is 1.53. The van der Waals surface area contributed by atoms with Gasteiger partial charge in [-0.3, -0.25) is 4.79 Å². The van der Waals surface area contributed by atoms with Gasteiger partial charge in [0.1, 0.15) is 11.3 Å². The number of aromatic nitrogens is 2. The number of nitrogens with zero attached hydrogens (tertiary/aromatic N) is 2. The highest BCUT2D eigenvalue weighted by atomic mass is 16.5. The number of carbonyl (C=O) groups is 1. The molecule has 1 aliphatic carbocycles. The van der Waals surface area contributed by atoms with E-state index in [0.29, 0.717) is 31.2 Å². The van der Waals surface area contributed by atoms with Crippen LogP contribution in [0.15, 0.2) is 28.8 Å². The minimum atomic E-state index is -0.482. The number of hydrogen-bond acceptors (Lipinski definition) is 5. The van der Waals surface area contributed by atoms with Crippen molar-refractivity contribution < 1.29 is 14.1 Å². The van der Waals surface area contributed by atoms with E-state index in [0.717, 1.165) is 37.0 Å². The van der Waals surface area contributed by atoms with Crippen molar-refractivity contribution in [2.45, 2.75) is 64.3 Å². The number of amides is 1. The van der Waals surface area contributed by atoms with E-state index < -0.39 is 5.54 Å². The molecule has 0 atom stereocenters. The molecule has 0 unspecified atom stereocenters. The highest BCUT2D eigenvalue weighted by Crippen LogP contribution is 2.35. The summed E-state index contributed by atoms with van der Waals surface area (Å²) in [5.41, 5.74) is 0.620. The van der Waals surface area contributed by atoms with Crippen LogP contribution in [0.2, 0.25) is 0 Å². The second-order valence-electron chi connectivity index (χ2n) is 7.05. The Bertz CT molecular complexity index is 735. The lowest BCUT2D eigenvalue weighted by atomic mass is 9.81. The third kappa shape index (κ3) is 4.42. The van der Waals surface area contributed by atoms with Crippen LogP contribution >= 0.6 is 0 Å². The van der Waals surface area contributed by atoms with E-state index in [-0.39, 0.29) is 5.91 Å². The molecule has 0 radical (unpaired) electrons. The molecule has 2 aromatic rings. The van der Waals surface area contributed by atoms with Gasteiger partial charge in [-0.15, -0.1) is 0 Å². The van der Waals surface area contributed by atoms with Crippen molar-refractivity contribution in [3.63, 3.8) is 0 Å². The first-order valence-corrected chi connectivity index (χ1v) is 9.39. The van der Waals surface area contributed by atoms with E-state index in [1.807, 2.05) is 31.2 Å². The summed E-state index contributed by atoms with van der Waals surface area (Å²) in [7, 11) is 0. The zero-order chi connectivity index (χ0) is 18.4. The predicted molar refractivity (Wildman–Crippen MR) is 97.8 cm³/mol. The fraction of sp³-hybridized carbons (Fsp3) is 0.550. The molecule has 0 aliphatic heterocycles. The zero-order valence-electron chi connectivity index (χ0n) is 15.6. The Labute approximate surface area is 154 Å². The molecule has 1 aromatic carbocycles. The van der Waals surface area contributed by atoms with Gasteiger partial charge in [-0.2, -0.15) is 4.98 Å². The van der Waals surface area contributed by atoms with Crippen molar-refractivity contribution in [1.82, 2.24) is 15.5 Å². The number of aryl methyl sites for hydroxylation is 2. The first-order chi connectivity index (χ1) is 12.6. The molecule has 1 N–H and O–H groups in total. The average molecular weight is 357 g/mol. The van der Waals surface area contributed by atoms with Gasteiger partial charge in [0.05, 0.1) is 6.61 Å². The zero-order valence-corrected chi connectivity index (χ0v) is 15.6. The van der Waals surface area contributed by atoms with Crippen LogP contribution in [0.4, 0.5) is 0 Å². The Kier molecular flexibility index (Phi) is 5.91. The van der Waals surface area contributed by atoms with Gasteiger partial charge in [-0.05, 0) is 37.8 Å². The number of rotatable bonds is 7. The van der Waals surface area contributed by atoms with Crippen LogP contribution in [0, 0.1) is 13.8 Å². The number of benzene rings is 1. The Hall–Kier alpha value is -2.37. The highest BCUT2D eigenvalue weighted by molar-refractivity contribution is 5.76. The van der Waals surface area contributed by atoms with Crippen LogP contribution in [0.1, 0.15) is 62.2 Å². The van der Waals surface area contributed by atoms with Gasteiger partial charge in [-0.25, -0.2) is 0 Å². The lowest BCUT2D eigenvalue weighted by Gasteiger charge is -2.35. The summed E-state index contributed by atoms with van der Waals surface area (Å²) in [4.78, 5) is 16.9. The molecular formula is C20H27N3O3. The van der Waals surface area contributed by atoms with Gasteiger partial charge in [0.2, 0.25) is 11.8 Å². The average Bonchev–Trinajstić information content (AvgIpc) is 3.08. The quantitative estimate of drug-likeness (QED) is 0.762. The van der Waals surface area contributed by atoms with E-state index in [2.05, 4.69) is 15.5 Å². The van der Waals surface area contributed by atoms with Crippen molar-refractivity contribution in [3.8, 4) is 5.75 Å². The van der Waals surface area contributed by atoms with Crippen LogP contribution < -0.4 is 10.1 Å². The molecule has 6 heteroatoms. The Morgan fingerprint density at radius 3 is 2.69 bits per heavy atom. The summed E-state index contributed by atoms with van der Waals surface area (Å²) in [6.45, 7) is 4.31. The minimum Gasteiger partial charge on any atom is -0.493 e. The van der Waals surface area contributed by atoms with Crippen LogP contribution in [0.5, 0.6) is 5.75 Å². The fourth-order valence-electron chi connectivity index (χ4n) is 3.52. The number of hydrogen-bond donors (Lipinski definition) is 1. The van der Waals surface area contributed by atoms with E-state index in [1.165, 1.54) is 6.42 Å². The SMILES string of the molecule is Cc1nc(C2(NC(=O)CCCOc3ccccc3C)CCCCC2)no1. The molecule has 1 heterocycles. The summed E-state index contributed by atoms with van der Waals surface area (Å²) in [5.74, 6) is 2.03. The third-order valence-electron chi connectivity index (χ3n) is 4.94. The molecule has 1 aliphatic rings. The molecule has 1 aromatic heterocycles. The second-order valence-corrected chi connectivity index (χ2v) is 7.05. The molecule has 0 bridgehead atoms. The van der Waals surface area contributed by atoms with Gasteiger partial charge in [0, 0.05) is 13.3 Å². The van der Waals surface area contributed by atoms with Crippen molar-refractivity contribution in [2.24, 2.45) is 0 Å². The first-order valence-electron chi connectivity index (χ1n) is 9.39. The Morgan fingerprint density at radius 1 is 1.23 bits per heavy atom. The molecule has 140 valence electrons. The van der Waals surface area contributed by atoms with Crippen molar-refractivity contribution in [3.05, 3.63) is 41.5 Å². The minimum absolute atomic E-state index is 0.0164. The molecular weight excluding hydrogens is 330 g/mol. The largest absolute Gasteiger partial charge is 0.493 e. The summed E-state index contributed by atoms with van der Waals surface area (Å²) >= 11 is 0. The van der Waals surface area contributed by atoms with Crippen LogP contribution in [-0.2, 0) is 10.3 Å². The summed E-state index contributed by atoms with van der Waals surface area (Å²) < 4.78 is 10.9. The summed E-state index contributed by atoms with van der Waals surface area (Å²) in [6.07, 6.45) is 6.11. The second kappa shape index (κ2) is 8.34. The summed E-state index contributed by atoms with van der Waals surface area (Å²) in [5, 5.41) is 7.28. The van der Waals surface area contributed by atoms with E-state index in [1.54, 1.807) is 6.92 Å². The van der Waals surface area contributed by atoms with Crippen molar-refractivity contribution >= 4 is 5.91 Å². The maximum Gasteiger partial charge on any atom is 0.223 e. The van der Waals surface area contributed by atoms with Gasteiger partial charge in [-0.1, -0.05) is 42.6 Å². The van der Waals surface area contributed by atoms with Crippen LogP contribution in [0.3, 0.4) is 0 Å². The van der Waals surface area contributed by atoms with E-state index in [4.69, 9.17) is 9.26 Å². The van der Waals surface area contributed by atoms with Crippen LogP contribution in [0.25, 0.3) is 0 Å². The molecule has 1 amide bonds. The maximum absolute atomic E-state index is 12.5. The molecule has 3 rings (SSSR count). The summed E-state index contributed by atoms with van der Waals surface area (Å²) in [6, 6.07) is 7.90. The van der Waals surface area contributed by atoms with Crippen molar-refractivity contribution in [1.29, 1.82) is 0 Å². The molecule has 0 spiro atoms. The van der Waals surface area contributed by atoms with Gasteiger partial charge < -0.3 is 14.6 Å². The monoisotopic (exact) mass is 357 g/mol. The molecule has 1 saturated carbocycles. The van der Waals surface area contributed by atoms with Crippen molar-refractivity contribution in [2.75, 3.05) is 6.61 Å². The third-order valence-corrected chi connectivity index (χ3v) is 4.94. The number of para-hydroxylation sites is 1. The smallest absolute Gasteiger partial charge is 0.223 e. The van der Waals surface area contributed by atoms with Crippen LogP contribution in [-0.4, -0.2) is 22.7 Å². The standard InChI is InChI=1S/C20H27N3O3/c1-15-9-4-5-10-17(15)25-14-8-11-18(24)22-20(12-6-3-7-13-20)19-21-16(2)26-23-19/h4-5,9-10H,3,6-8,11-14H2,1-2H3,(H,22,24). The molecule has 6 nitrogen and oxygen atoms in total. The molecule has 0 saturated heterocycles.